The van der Waals surface area contributed by atoms with Crippen LogP contribution in [0.2, 0.25) is 0 Å². The fourth-order valence-corrected chi connectivity index (χ4v) is 2.05. The number of ether oxygens (including phenoxy) is 1. The first-order chi connectivity index (χ1) is 7.72. The fraction of sp³-hybridized carbons (Fsp3) is 0.700. The highest BCUT2D eigenvalue weighted by Crippen LogP contribution is 2.18. The second kappa shape index (κ2) is 4.80. The monoisotopic (exact) mass is 228 g/mol. The third-order valence-corrected chi connectivity index (χ3v) is 2.98. The van der Waals surface area contributed by atoms with Crippen molar-refractivity contribution in [2.45, 2.75) is 18.7 Å². The van der Waals surface area contributed by atoms with Crippen molar-refractivity contribution in [3.8, 4) is 0 Å². The molecular formula is C10H17FN4O. The van der Waals surface area contributed by atoms with Crippen molar-refractivity contribution >= 4 is 5.84 Å². The maximum absolute atomic E-state index is 13.7. The number of hydrogen-bond donors (Lipinski definition) is 2. The molecular weight excluding hydrogens is 211 g/mol. The standard InChI is InChI=1S/C10H17FN4O/c1-16-9-3-5-14(6-8(9)11)15-7-13-4-2-10(15)12/h2,4,8-9,12-13H,3,5-7H2,1H3/t8-,9+/m0/s1. The summed E-state index contributed by atoms with van der Waals surface area (Å²) in [5.74, 6) is 0.391. The molecule has 2 atom stereocenters. The number of halogens is 1. The molecule has 2 aliphatic heterocycles. The average molecular weight is 228 g/mol. The highest BCUT2D eigenvalue weighted by molar-refractivity contribution is 5.90. The molecule has 2 rings (SSSR count). The summed E-state index contributed by atoms with van der Waals surface area (Å²) in [7, 11) is 1.54. The highest BCUT2D eigenvalue weighted by Gasteiger charge is 2.32. The van der Waals surface area contributed by atoms with Crippen LogP contribution in [0.1, 0.15) is 6.42 Å². The van der Waals surface area contributed by atoms with Gasteiger partial charge >= 0.3 is 0 Å². The maximum atomic E-state index is 13.7. The van der Waals surface area contributed by atoms with E-state index in [1.165, 1.54) is 0 Å². The first-order valence-electron chi connectivity index (χ1n) is 5.40. The Balaban J connectivity index is 1.96. The first-order valence-corrected chi connectivity index (χ1v) is 5.40. The van der Waals surface area contributed by atoms with Crippen molar-refractivity contribution in [1.29, 1.82) is 5.41 Å². The van der Waals surface area contributed by atoms with E-state index in [0.717, 1.165) is 6.54 Å². The Bertz CT molecular complexity index is 297. The summed E-state index contributed by atoms with van der Waals surface area (Å²) in [6.45, 7) is 1.53. The predicted molar refractivity (Wildman–Crippen MR) is 58.6 cm³/mol. The van der Waals surface area contributed by atoms with Crippen LogP contribution in [-0.2, 0) is 4.74 Å². The zero-order chi connectivity index (χ0) is 11.5. The quantitative estimate of drug-likeness (QED) is 0.714. The van der Waals surface area contributed by atoms with Gasteiger partial charge in [-0.15, -0.1) is 0 Å². The van der Waals surface area contributed by atoms with Gasteiger partial charge in [0.2, 0.25) is 0 Å². The molecule has 0 spiro atoms. The van der Waals surface area contributed by atoms with Gasteiger partial charge in [-0.05, 0) is 12.5 Å². The van der Waals surface area contributed by atoms with Gasteiger partial charge in [-0.3, -0.25) is 10.4 Å². The van der Waals surface area contributed by atoms with E-state index in [-0.39, 0.29) is 12.6 Å². The largest absolute Gasteiger partial charge is 0.378 e. The van der Waals surface area contributed by atoms with Gasteiger partial charge in [-0.2, -0.15) is 0 Å². The van der Waals surface area contributed by atoms with E-state index >= 15 is 0 Å². The van der Waals surface area contributed by atoms with Gasteiger partial charge in [0.1, 0.15) is 18.7 Å². The van der Waals surface area contributed by atoms with Crippen LogP contribution in [0.3, 0.4) is 0 Å². The molecule has 1 fully saturated rings. The van der Waals surface area contributed by atoms with Crippen molar-refractivity contribution in [2.24, 2.45) is 0 Å². The molecule has 0 saturated carbocycles. The number of piperidine rings is 1. The summed E-state index contributed by atoms with van der Waals surface area (Å²) in [6.07, 6.45) is 2.76. The number of alkyl halides is 1. The zero-order valence-corrected chi connectivity index (χ0v) is 9.32. The summed E-state index contributed by atoms with van der Waals surface area (Å²) < 4.78 is 18.7. The van der Waals surface area contributed by atoms with Crippen molar-refractivity contribution in [2.75, 3.05) is 26.9 Å². The Labute approximate surface area is 94.3 Å². The minimum atomic E-state index is -0.988. The third kappa shape index (κ3) is 2.17. The van der Waals surface area contributed by atoms with Crippen LogP contribution in [0.25, 0.3) is 0 Å². The summed E-state index contributed by atoms with van der Waals surface area (Å²) in [5, 5.41) is 14.4. The third-order valence-electron chi connectivity index (χ3n) is 2.98. The molecule has 0 aromatic carbocycles. The van der Waals surface area contributed by atoms with E-state index in [1.54, 1.807) is 24.4 Å². The van der Waals surface area contributed by atoms with Crippen molar-refractivity contribution < 1.29 is 9.13 Å². The molecule has 16 heavy (non-hydrogen) atoms. The van der Waals surface area contributed by atoms with Crippen LogP contribution >= 0.6 is 0 Å². The van der Waals surface area contributed by atoms with Crippen molar-refractivity contribution in [1.82, 2.24) is 15.3 Å². The molecule has 0 aromatic rings. The van der Waals surface area contributed by atoms with Crippen LogP contribution in [-0.4, -0.2) is 55.0 Å². The topological polar surface area (TPSA) is 51.6 Å². The molecule has 6 heteroatoms. The van der Waals surface area contributed by atoms with Gasteiger partial charge in [0, 0.05) is 19.9 Å². The van der Waals surface area contributed by atoms with E-state index in [2.05, 4.69) is 5.32 Å². The lowest BCUT2D eigenvalue weighted by Crippen LogP contribution is -2.57. The Hall–Kier alpha value is -1.14. The lowest BCUT2D eigenvalue weighted by molar-refractivity contribution is -0.0767. The maximum Gasteiger partial charge on any atom is 0.141 e. The number of hydrazine groups is 1. The molecule has 0 bridgehead atoms. The molecule has 2 N–H and O–H groups in total. The molecule has 90 valence electrons. The van der Waals surface area contributed by atoms with Crippen LogP contribution in [0.15, 0.2) is 12.3 Å². The van der Waals surface area contributed by atoms with Gasteiger partial charge in [0.15, 0.2) is 0 Å². The smallest absolute Gasteiger partial charge is 0.141 e. The highest BCUT2D eigenvalue weighted by atomic mass is 19.1. The SMILES string of the molecule is CO[C@@H]1CCN(N2CNC=CC2=N)C[C@@H]1F. The number of nitrogens with zero attached hydrogens (tertiary/aromatic N) is 2. The van der Waals surface area contributed by atoms with Crippen LogP contribution in [0.4, 0.5) is 4.39 Å². The Morgan fingerprint density at radius 3 is 3.06 bits per heavy atom. The minimum absolute atomic E-state index is 0.288. The van der Waals surface area contributed by atoms with Gasteiger partial charge in [0.25, 0.3) is 0 Å². The molecule has 5 nitrogen and oxygen atoms in total. The molecule has 0 unspecified atom stereocenters. The summed E-state index contributed by atoms with van der Waals surface area (Å²) in [5.41, 5.74) is 0. The summed E-state index contributed by atoms with van der Waals surface area (Å²) in [4.78, 5) is 0. The van der Waals surface area contributed by atoms with Gasteiger partial charge in [0.05, 0.1) is 12.6 Å². The van der Waals surface area contributed by atoms with E-state index in [1.807, 2.05) is 5.01 Å². The van der Waals surface area contributed by atoms with Crippen molar-refractivity contribution in [3.05, 3.63) is 12.3 Å². The number of amidine groups is 1. The van der Waals surface area contributed by atoms with E-state index in [4.69, 9.17) is 10.1 Å². The molecule has 2 aliphatic rings. The van der Waals surface area contributed by atoms with Crippen LogP contribution in [0.5, 0.6) is 0 Å². The summed E-state index contributed by atoms with van der Waals surface area (Å²) in [6, 6.07) is 0. The van der Waals surface area contributed by atoms with Gasteiger partial charge in [-0.25, -0.2) is 9.40 Å². The van der Waals surface area contributed by atoms with Crippen LogP contribution < -0.4 is 5.32 Å². The molecule has 0 amide bonds. The lowest BCUT2D eigenvalue weighted by atomic mass is 10.1. The number of hydrogen-bond acceptors (Lipinski definition) is 4. The number of rotatable bonds is 2. The van der Waals surface area contributed by atoms with Crippen molar-refractivity contribution in [3.63, 3.8) is 0 Å². The minimum Gasteiger partial charge on any atom is -0.378 e. The Morgan fingerprint density at radius 1 is 1.62 bits per heavy atom. The zero-order valence-electron chi connectivity index (χ0n) is 9.32. The Kier molecular flexibility index (Phi) is 3.40. The second-order valence-corrected chi connectivity index (χ2v) is 3.97. The fourth-order valence-electron chi connectivity index (χ4n) is 2.05. The Morgan fingerprint density at radius 2 is 2.44 bits per heavy atom. The van der Waals surface area contributed by atoms with Crippen LogP contribution in [0, 0.1) is 5.41 Å². The average Bonchev–Trinajstić information content (AvgIpc) is 2.29. The summed E-state index contributed by atoms with van der Waals surface area (Å²) >= 11 is 0. The lowest BCUT2D eigenvalue weighted by Gasteiger charge is -2.42. The predicted octanol–water partition coefficient (Wildman–Crippen LogP) is 0.314. The number of nitrogens with one attached hydrogen (secondary N) is 2. The van der Waals surface area contributed by atoms with Gasteiger partial charge < -0.3 is 10.1 Å². The van der Waals surface area contributed by atoms with Gasteiger partial charge in [-0.1, -0.05) is 0 Å². The van der Waals surface area contributed by atoms with E-state index in [9.17, 15) is 4.39 Å². The molecule has 0 aliphatic carbocycles. The second-order valence-electron chi connectivity index (χ2n) is 3.97. The van der Waals surface area contributed by atoms with E-state index < -0.39 is 6.17 Å². The molecule has 2 heterocycles. The van der Waals surface area contributed by atoms with E-state index in [0.29, 0.717) is 18.9 Å². The normalized spacial score (nSPS) is 31.6. The molecule has 0 aromatic heterocycles. The molecule has 0 radical (unpaired) electrons. The first kappa shape index (κ1) is 11.3. The molecule has 1 saturated heterocycles. The number of methoxy groups -OCH3 is 1.